The van der Waals surface area contributed by atoms with E-state index < -0.39 is 11.9 Å². The van der Waals surface area contributed by atoms with Gasteiger partial charge in [0.1, 0.15) is 6.33 Å². The van der Waals surface area contributed by atoms with Crippen LogP contribution in [0.3, 0.4) is 0 Å². The van der Waals surface area contributed by atoms with Crippen molar-refractivity contribution in [3.05, 3.63) is 24.2 Å². The number of rotatable bonds is 2. The van der Waals surface area contributed by atoms with Crippen molar-refractivity contribution >= 4 is 22.8 Å². The molecular formula is C13H12N2O4. The fourth-order valence-electron chi connectivity index (χ4n) is 1.66. The molecule has 0 spiro atoms. The lowest BCUT2D eigenvalue weighted by atomic mass is 10.2. The van der Waals surface area contributed by atoms with Crippen LogP contribution in [0.15, 0.2) is 18.5 Å². The number of esters is 2. The van der Waals surface area contributed by atoms with Crippen molar-refractivity contribution in [2.45, 2.75) is 20.8 Å². The molecule has 0 saturated heterocycles. The van der Waals surface area contributed by atoms with Gasteiger partial charge in [-0.2, -0.15) is 0 Å². The summed E-state index contributed by atoms with van der Waals surface area (Å²) < 4.78 is 10.1. The molecule has 0 fully saturated rings. The van der Waals surface area contributed by atoms with Crippen LogP contribution in [0, 0.1) is 6.92 Å². The molecule has 0 amide bonds. The molecule has 0 N–H and O–H groups in total. The lowest BCUT2D eigenvalue weighted by Gasteiger charge is -2.10. The minimum atomic E-state index is -0.501. The standard InChI is InChI=1S/C13H12N2O4/c1-7-10-4-12(18-8(2)16)13(19-9(3)17)5-11(10)15-6-14-7/h4-6H,1-3H3. The van der Waals surface area contributed by atoms with Crippen LogP contribution in [0.1, 0.15) is 19.5 Å². The van der Waals surface area contributed by atoms with Crippen molar-refractivity contribution in [1.82, 2.24) is 9.97 Å². The molecule has 0 unspecified atom stereocenters. The Morgan fingerprint density at radius 3 is 2.16 bits per heavy atom. The third-order valence-electron chi connectivity index (χ3n) is 2.41. The van der Waals surface area contributed by atoms with Crippen molar-refractivity contribution in [1.29, 1.82) is 0 Å². The molecule has 1 heterocycles. The predicted molar refractivity (Wildman–Crippen MR) is 66.9 cm³/mol. The number of fused-ring (bicyclic) bond motifs is 1. The summed E-state index contributed by atoms with van der Waals surface area (Å²) in [6.07, 6.45) is 1.42. The highest BCUT2D eigenvalue weighted by molar-refractivity contribution is 5.86. The molecule has 0 aliphatic carbocycles. The largest absolute Gasteiger partial charge is 0.423 e. The maximum atomic E-state index is 11.1. The summed E-state index contributed by atoms with van der Waals surface area (Å²) in [6, 6.07) is 3.13. The first-order valence-corrected chi connectivity index (χ1v) is 5.59. The first kappa shape index (κ1) is 12.9. The van der Waals surface area contributed by atoms with Crippen LogP contribution < -0.4 is 9.47 Å². The van der Waals surface area contributed by atoms with Crippen molar-refractivity contribution in [2.75, 3.05) is 0 Å². The summed E-state index contributed by atoms with van der Waals surface area (Å²) in [4.78, 5) is 30.3. The second-order valence-corrected chi connectivity index (χ2v) is 3.96. The molecule has 0 saturated carbocycles. The second kappa shape index (κ2) is 5.01. The Balaban J connectivity index is 2.62. The number of hydrogen-bond donors (Lipinski definition) is 0. The minimum absolute atomic E-state index is 0.160. The molecule has 1 aromatic heterocycles. The van der Waals surface area contributed by atoms with Gasteiger partial charge in [-0.1, -0.05) is 0 Å². The van der Waals surface area contributed by atoms with E-state index >= 15 is 0 Å². The molecule has 2 aromatic rings. The van der Waals surface area contributed by atoms with Crippen LogP contribution in [0.25, 0.3) is 10.9 Å². The van der Waals surface area contributed by atoms with Gasteiger partial charge in [0.2, 0.25) is 0 Å². The van der Waals surface area contributed by atoms with Crippen LogP contribution in [-0.2, 0) is 9.59 Å². The van der Waals surface area contributed by atoms with Crippen LogP contribution in [-0.4, -0.2) is 21.9 Å². The molecule has 6 nitrogen and oxygen atoms in total. The molecule has 19 heavy (non-hydrogen) atoms. The molecule has 6 heteroatoms. The monoisotopic (exact) mass is 260 g/mol. The molecule has 0 aliphatic rings. The Morgan fingerprint density at radius 1 is 1.00 bits per heavy atom. The van der Waals surface area contributed by atoms with E-state index in [1.54, 1.807) is 12.1 Å². The van der Waals surface area contributed by atoms with Crippen molar-refractivity contribution < 1.29 is 19.1 Å². The fourth-order valence-corrected chi connectivity index (χ4v) is 1.66. The summed E-state index contributed by atoms with van der Waals surface area (Å²) in [5.74, 6) is -0.665. The lowest BCUT2D eigenvalue weighted by molar-refractivity contribution is -0.134. The van der Waals surface area contributed by atoms with E-state index in [4.69, 9.17) is 9.47 Å². The Morgan fingerprint density at radius 2 is 1.58 bits per heavy atom. The summed E-state index contributed by atoms with van der Waals surface area (Å²) >= 11 is 0. The maximum absolute atomic E-state index is 11.1. The van der Waals surface area contributed by atoms with Gasteiger partial charge in [0.15, 0.2) is 11.5 Å². The highest BCUT2D eigenvalue weighted by Crippen LogP contribution is 2.32. The number of nitrogens with zero attached hydrogens (tertiary/aromatic N) is 2. The summed E-state index contributed by atoms with van der Waals surface area (Å²) in [7, 11) is 0. The normalized spacial score (nSPS) is 10.3. The van der Waals surface area contributed by atoms with Crippen molar-refractivity contribution in [3.8, 4) is 11.5 Å². The second-order valence-electron chi connectivity index (χ2n) is 3.96. The maximum Gasteiger partial charge on any atom is 0.308 e. The Labute approximate surface area is 109 Å². The highest BCUT2D eigenvalue weighted by Gasteiger charge is 2.13. The quantitative estimate of drug-likeness (QED) is 0.605. The lowest BCUT2D eigenvalue weighted by Crippen LogP contribution is -2.07. The number of hydrogen-bond acceptors (Lipinski definition) is 6. The number of carbonyl (C=O) groups excluding carboxylic acids is 2. The predicted octanol–water partition coefficient (Wildman–Crippen LogP) is 1.79. The number of ether oxygens (including phenoxy) is 2. The van der Waals surface area contributed by atoms with Gasteiger partial charge in [-0.3, -0.25) is 9.59 Å². The first-order valence-electron chi connectivity index (χ1n) is 5.59. The third kappa shape index (κ3) is 2.85. The first-order chi connectivity index (χ1) is 8.97. The molecule has 0 atom stereocenters. The zero-order chi connectivity index (χ0) is 14.0. The molecule has 2 rings (SSSR count). The topological polar surface area (TPSA) is 78.4 Å². The van der Waals surface area contributed by atoms with Gasteiger partial charge < -0.3 is 9.47 Å². The van der Waals surface area contributed by atoms with Gasteiger partial charge in [0.25, 0.3) is 0 Å². The minimum Gasteiger partial charge on any atom is -0.423 e. The summed E-state index contributed by atoms with van der Waals surface area (Å²) in [5, 5.41) is 0.731. The summed E-state index contributed by atoms with van der Waals surface area (Å²) in [6.45, 7) is 4.36. The van der Waals surface area contributed by atoms with Gasteiger partial charge >= 0.3 is 11.9 Å². The van der Waals surface area contributed by atoms with Crippen molar-refractivity contribution in [2.24, 2.45) is 0 Å². The number of benzene rings is 1. The van der Waals surface area contributed by atoms with Crippen LogP contribution in [0.5, 0.6) is 11.5 Å². The van der Waals surface area contributed by atoms with Crippen LogP contribution in [0.2, 0.25) is 0 Å². The molecule has 0 radical (unpaired) electrons. The van der Waals surface area contributed by atoms with E-state index in [1.165, 1.54) is 20.2 Å². The van der Waals surface area contributed by atoms with E-state index in [-0.39, 0.29) is 11.5 Å². The van der Waals surface area contributed by atoms with Crippen LogP contribution >= 0.6 is 0 Å². The van der Waals surface area contributed by atoms with Gasteiger partial charge in [-0.05, 0) is 13.0 Å². The van der Waals surface area contributed by atoms with E-state index in [9.17, 15) is 9.59 Å². The van der Waals surface area contributed by atoms with Gasteiger partial charge in [0, 0.05) is 31.0 Å². The molecular weight excluding hydrogens is 248 g/mol. The fraction of sp³-hybridized carbons (Fsp3) is 0.231. The zero-order valence-electron chi connectivity index (χ0n) is 10.8. The van der Waals surface area contributed by atoms with Gasteiger partial charge in [-0.25, -0.2) is 9.97 Å². The molecule has 0 bridgehead atoms. The smallest absolute Gasteiger partial charge is 0.308 e. The number of carbonyl (C=O) groups is 2. The number of aryl methyl sites for hydroxylation is 1. The molecule has 0 aliphatic heterocycles. The van der Waals surface area contributed by atoms with E-state index in [2.05, 4.69) is 9.97 Å². The Hall–Kier alpha value is -2.50. The molecule has 98 valence electrons. The SMILES string of the molecule is CC(=O)Oc1cc2ncnc(C)c2cc1OC(C)=O. The highest BCUT2D eigenvalue weighted by atomic mass is 16.6. The van der Waals surface area contributed by atoms with Gasteiger partial charge in [-0.15, -0.1) is 0 Å². The molecule has 1 aromatic carbocycles. The van der Waals surface area contributed by atoms with E-state index in [0.717, 1.165) is 11.1 Å². The van der Waals surface area contributed by atoms with Crippen LogP contribution in [0.4, 0.5) is 0 Å². The van der Waals surface area contributed by atoms with Gasteiger partial charge in [0.05, 0.1) is 5.52 Å². The Kier molecular flexibility index (Phi) is 3.41. The van der Waals surface area contributed by atoms with E-state index in [0.29, 0.717) is 5.52 Å². The third-order valence-corrected chi connectivity index (χ3v) is 2.41. The van der Waals surface area contributed by atoms with E-state index in [1.807, 2.05) is 6.92 Å². The zero-order valence-corrected chi connectivity index (χ0v) is 10.8. The average Bonchev–Trinajstić information content (AvgIpc) is 2.29. The average molecular weight is 260 g/mol. The number of aromatic nitrogens is 2. The Bertz CT molecular complexity index is 667. The van der Waals surface area contributed by atoms with Crippen molar-refractivity contribution in [3.63, 3.8) is 0 Å². The summed E-state index contributed by atoms with van der Waals surface area (Å²) in [5.41, 5.74) is 1.35.